The molecule has 6 nitrogen and oxygen atoms in total. The predicted octanol–water partition coefficient (Wildman–Crippen LogP) is 2.58. The van der Waals surface area contributed by atoms with Crippen molar-refractivity contribution >= 4 is 28.4 Å². The Balaban J connectivity index is 1.40. The number of hydrogen-bond donors (Lipinski definition) is 1. The molecule has 1 N–H and O–H groups in total. The average molecular weight is 397 g/mol. The van der Waals surface area contributed by atoms with E-state index in [2.05, 4.69) is 14.9 Å². The number of fused-ring (bicyclic) bond motifs is 1. The molecule has 1 saturated heterocycles. The summed E-state index contributed by atoms with van der Waals surface area (Å²) in [4.78, 5) is 36.8. The molecule has 1 fully saturated rings. The molecule has 144 valence electrons. The van der Waals surface area contributed by atoms with Crippen LogP contribution in [0.1, 0.15) is 15.9 Å². The van der Waals surface area contributed by atoms with Gasteiger partial charge >= 0.3 is 0 Å². The number of piperazine rings is 1. The van der Waals surface area contributed by atoms with Crippen molar-refractivity contribution in [2.75, 3.05) is 32.7 Å². The molecule has 1 aliphatic rings. The maximum absolute atomic E-state index is 12.9. The van der Waals surface area contributed by atoms with E-state index in [0.717, 1.165) is 26.1 Å². The number of H-pyrrole nitrogens is 1. The van der Waals surface area contributed by atoms with Crippen LogP contribution in [-0.2, 0) is 6.42 Å². The number of aromatic amines is 1. The van der Waals surface area contributed by atoms with Crippen LogP contribution >= 0.6 is 11.6 Å². The number of amides is 1. The largest absolute Gasteiger partial charge is 0.360 e. The Morgan fingerprint density at radius 2 is 1.86 bits per heavy atom. The standard InChI is InChI=1S/C21H21ClN4O2/c22-16-1-2-17-19(13-16)24-14-18(20(17)27)21(28)26-11-9-25(10-12-26)8-5-15-3-6-23-7-4-15/h1-4,6-7,13-14H,5,8-12H2,(H,24,27). The van der Waals surface area contributed by atoms with Crippen LogP contribution in [-0.4, -0.2) is 58.4 Å². The van der Waals surface area contributed by atoms with Crippen LogP contribution in [0.3, 0.4) is 0 Å². The third-order valence-corrected chi connectivity index (χ3v) is 5.43. The summed E-state index contributed by atoms with van der Waals surface area (Å²) in [6, 6.07) is 9.06. The second-order valence-electron chi connectivity index (χ2n) is 6.96. The smallest absolute Gasteiger partial charge is 0.259 e. The molecular weight excluding hydrogens is 376 g/mol. The Morgan fingerprint density at radius 1 is 1.11 bits per heavy atom. The highest BCUT2D eigenvalue weighted by molar-refractivity contribution is 6.31. The minimum absolute atomic E-state index is 0.181. The molecule has 1 aliphatic heterocycles. The Hall–Kier alpha value is -2.70. The normalized spacial score (nSPS) is 15.1. The van der Waals surface area contributed by atoms with E-state index in [1.807, 2.05) is 12.1 Å². The zero-order valence-corrected chi connectivity index (χ0v) is 16.2. The molecule has 0 bridgehead atoms. The first-order valence-electron chi connectivity index (χ1n) is 9.33. The predicted molar refractivity (Wildman–Crippen MR) is 110 cm³/mol. The number of halogens is 1. The first-order valence-corrected chi connectivity index (χ1v) is 9.71. The Labute approximate surface area is 167 Å². The Morgan fingerprint density at radius 3 is 2.61 bits per heavy atom. The van der Waals surface area contributed by atoms with Crippen molar-refractivity contribution in [1.29, 1.82) is 0 Å². The molecule has 1 amide bonds. The van der Waals surface area contributed by atoms with Crippen molar-refractivity contribution < 1.29 is 4.79 Å². The minimum atomic E-state index is -0.254. The number of pyridine rings is 2. The van der Waals surface area contributed by atoms with E-state index in [1.165, 1.54) is 11.8 Å². The summed E-state index contributed by atoms with van der Waals surface area (Å²) in [5, 5.41) is 1.02. The van der Waals surface area contributed by atoms with Gasteiger partial charge in [0.15, 0.2) is 0 Å². The highest BCUT2D eigenvalue weighted by Gasteiger charge is 2.24. The second-order valence-corrected chi connectivity index (χ2v) is 7.40. The number of hydrogen-bond acceptors (Lipinski definition) is 4. The lowest BCUT2D eigenvalue weighted by Gasteiger charge is -2.34. The molecule has 3 heterocycles. The van der Waals surface area contributed by atoms with E-state index in [9.17, 15) is 9.59 Å². The summed E-state index contributed by atoms with van der Waals surface area (Å²) in [7, 11) is 0. The minimum Gasteiger partial charge on any atom is -0.360 e. The van der Waals surface area contributed by atoms with Gasteiger partial charge in [0, 0.05) is 61.7 Å². The van der Waals surface area contributed by atoms with Crippen molar-refractivity contribution in [3.05, 3.63) is 75.3 Å². The van der Waals surface area contributed by atoms with Crippen molar-refractivity contribution in [2.45, 2.75) is 6.42 Å². The number of carbonyl (C=O) groups is 1. The van der Waals surface area contributed by atoms with Crippen LogP contribution in [0.25, 0.3) is 10.9 Å². The van der Waals surface area contributed by atoms with E-state index < -0.39 is 0 Å². The highest BCUT2D eigenvalue weighted by atomic mass is 35.5. The van der Waals surface area contributed by atoms with E-state index in [1.54, 1.807) is 35.5 Å². The van der Waals surface area contributed by atoms with E-state index >= 15 is 0 Å². The fraction of sp³-hybridized carbons (Fsp3) is 0.286. The molecule has 0 saturated carbocycles. The van der Waals surface area contributed by atoms with Crippen LogP contribution in [0.15, 0.2) is 53.7 Å². The van der Waals surface area contributed by atoms with Crippen LogP contribution in [0.2, 0.25) is 5.02 Å². The number of rotatable bonds is 4. The monoisotopic (exact) mass is 396 g/mol. The molecule has 4 rings (SSSR count). The third kappa shape index (κ3) is 3.93. The molecule has 0 unspecified atom stereocenters. The van der Waals surface area contributed by atoms with Gasteiger partial charge in [-0.15, -0.1) is 0 Å². The van der Waals surface area contributed by atoms with Crippen LogP contribution in [0.5, 0.6) is 0 Å². The second kappa shape index (κ2) is 8.12. The number of nitrogens with one attached hydrogen (secondary N) is 1. The molecule has 0 radical (unpaired) electrons. The highest BCUT2D eigenvalue weighted by Crippen LogP contribution is 2.16. The maximum Gasteiger partial charge on any atom is 0.259 e. The van der Waals surface area contributed by atoms with Gasteiger partial charge in [-0.3, -0.25) is 19.5 Å². The van der Waals surface area contributed by atoms with Gasteiger partial charge in [-0.1, -0.05) is 11.6 Å². The van der Waals surface area contributed by atoms with Gasteiger partial charge in [0.05, 0.1) is 5.52 Å². The summed E-state index contributed by atoms with van der Waals surface area (Å²) in [6.45, 7) is 3.79. The molecule has 2 aromatic heterocycles. The Kier molecular flexibility index (Phi) is 5.41. The van der Waals surface area contributed by atoms with Gasteiger partial charge in [-0.25, -0.2) is 0 Å². The molecule has 0 spiro atoms. The van der Waals surface area contributed by atoms with Gasteiger partial charge < -0.3 is 9.88 Å². The lowest BCUT2D eigenvalue weighted by atomic mass is 10.1. The van der Waals surface area contributed by atoms with Crippen molar-refractivity contribution in [1.82, 2.24) is 19.8 Å². The van der Waals surface area contributed by atoms with Gasteiger partial charge in [-0.2, -0.15) is 0 Å². The number of carbonyl (C=O) groups excluding carboxylic acids is 1. The fourth-order valence-electron chi connectivity index (χ4n) is 3.53. The van der Waals surface area contributed by atoms with Crippen molar-refractivity contribution in [3.63, 3.8) is 0 Å². The number of benzene rings is 1. The van der Waals surface area contributed by atoms with E-state index in [0.29, 0.717) is 29.0 Å². The van der Waals surface area contributed by atoms with E-state index in [4.69, 9.17) is 11.6 Å². The maximum atomic E-state index is 12.9. The van der Waals surface area contributed by atoms with Crippen molar-refractivity contribution in [3.8, 4) is 0 Å². The molecule has 0 atom stereocenters. The zero-order chi connectivity index (χ0) is 19.5. The van der Waals surface area contributed by atoms with Gasteiger partial charge in [0.2, 0.25) is 5.43 Å². The summed E-state index contributed by atoms with van der Waals surface area (Å²) < 4.78 is 0. The molecular formula is C21H21ClN4O2. The van der Waals surface area contributed by atoms with E-state index in [-0.39, 0.29) is 16.9 Å². The first-order chi connectivity index (χ1) is 13.6. The lowest BCUT2D eigenvalue weighted by Crippen LogP contribution is -2.49. The van der Waals surface area contributed by atoms with Crippen LogP contribution < -0.4 is 5.43 Å². The quantitative estimate of drug-likeness (QED) is 0.736. The molecule has 7 heteroatoms. The summed E-state index contributed by atoms with van der Waals surface area (Å²) in [5.74, 6) is -0.216. The topological polar surface area (TPSA) is 69.3 Å². The fourth-order valence-corrected chi connectivity index (χ4v) is 3.71. The summed E-state index contributed by atoms with van der Waals surface area (Å²) in [5.41, 5.74) is 1.82. The SMILES string of the molecule is O=C(c1c[nH]c2cc(Cl)ccc2c1=O)N1CCN(CCc2ccncc2)CC1. The van der Waals surface area contributed by atoms with Gasteiger partial charge in [0.1, 0.15) is 5.56 Å². The lowest BCUT2D eigenvalue weighted by molar-refractivity contribution is 0.0637. The molecule has 0 aliphatic carbocycles. The van der Waals surface area contributed by atoms with Crippen LogP contribution in [0, 0.1) is 0 Å². The van der Waals surface area contributed by atoms with Gasteiger partial charge in [0.25, 0.3) is 5.91 Å². The molecule has 1 aromatic carbocycles. The number of aromatic nitrogens is 2. The Bertz CT molecular complexity index is 1040. The van der Waals surface area contributed by atoms with Crippen molar-refractivity contribution in [2.24, 2.45) is 0 Å². The molecule has 3 aromatic rings. The summed E-state index contributed by atoms with van der Waals surface area (Å²) >= 11 is 5.97. The third-order valence-electron chi connectivity index (χ3n) is 5.20. The average Bonchev–Trinajstić information content (AvgIpc) is 2.73. The first kappa shape index (κ1) is 18.7. The zero-order valence-electron chi connectivity index (χ0n) is 15.4. The van der Waals surface area contributed by atoms with Crippen LogP contribution in [0.4, 0.5) is 0 Å². The number of nitrogens with zero attached hydrogens (tertiary/aromatic N) is 3. The van der Waals surface area contributed by atoms with Gasteiger partial charge in [-0.05, 0) is 42.3 Å². The summed E-state index contributed by atoms with van der Waals surface area (Å²) in [6.07, 6.45) is 6.07. The molecule has 28 heavy (non-hydrogen) atoms.